The Labute approximate surface area is 200 Å². The number of nitrogens with zero attached hydrogens (tertiary/aromatic N) is 5. The highest BCUT2D eigenvalue weighted by molar-refractivity contribution is 7.19. The van der Waals surface area contributed by atoms with Gasteiger partial charge in [-0.15, -0.1) is 11.3 Å². The van der Waals surface area contributed by atoms with Crippen LogP contribution in [0, 0.1) is 5.92 Å². The number of carbonyl (C=O) groups excluding carboxylic acids is 1. The maximum Gasteiger partial charge on any atom is 0.226 e. The van der Waals surface area contributed by atoms with Crippen LogP contribution in [0.1, 0.15) is 23.8 Å². The number of thiophene rings is 1. The Morgan fingerprint density at radius 1 is 1.35 bits per heavy atom. The van der Waals surface area contributed by atoms with Crippen molar-refractivity contribution in [2.24, 2.45) is 5.92 Å². The fourth-order valence-corrected chi connectivity index (χ4v) is 6.29. The highest BCUT2D eigenvalue weighted by Gasteiger charge is 2.33. The second-order valence-corrected chi connectivity index (χ2v) is 9.98. The number of pyridine rings is 1. The number of anilines is 2. The summed E-state index contributed by atoms with van der Waals surface area (Å²) in [5, 5.41) is 8.80. The number of aromatic nitrogens is 4. The van der Waals surface area contributed by atoms with Crippen molar-refractivity contribution in [2.75, 3.05) is 32.1 Å². The van der Waals surface area contributed by atoms with E-state index < -0.39 is 0 Å². The Bertz CT molecular complexity index is 1380. The molecule has 34 heavy (non-hydrogen) atoms. The number of hydrogen-bond acceptors (Lipinski definition) is 8. The van der Waals surface area contributed by atoms with Gasteiger partial charge in [-0.05, 0) is 43.9 Å². The zero-order valence-corrected chi connectivity index (χ0v) is 20.0. The summed E-state index contributed by atoms with van der Waals surface area (Å²) in [5.41, 5.74) is 3.03. The van der Waals surface area contributed by atoms with Gasteiger partial charge in [0, 0.05) is 30.1 Å². The summed E-state index contributed by atoms with van der Waals surface area (Å²) in [4.78, 5) is 26.5. The van der Waals surface area contributed by atoms with Gasteiger partial charge < -0.3 is 19.7 Å². The number of nitrogens with one attached hydrogen (secondary N) is 1. The van der Waals surface area contributed by atoms with Gasteiger partial charge in [-0.3, -0.25) is 4.79 Å². The predicted molar refractivity (Wildman–Crippen MR) is 130 cm³/mol. The fourth-order valence-electron chi connectivity index (χ4n) is 5.03. The van der Waals surface area contributed by atoms with E-state index in [1.54, 1.807) is 35.5 Å². The van der Waals surface area contributed by atoms with Crippen molar-refractivity contribution in [3.05, 3.63) is 41.3 Å². The minimum absolute atomic E-state index is 0.0135. The highest BCUT2D eigenvalue weighted by Crippen LogP contribution is 2.41. The van der Waals surface area contributed by atoms with E-state index in [4.69, 9.17) is 9.47 Å². The van der Waals surface area contributed by atoms with Crippen molar-refractivity contribution in [1.29, 1.82) is 0 Å². The standard InChI is InChI=1S/C24H26N6O3S/c1-14-11-29(7-8-33-14)24(31)15-3-4-17-20(9-15)34-23-21(17)22(25-13-26-23)28-18-10-16-5-6-27-30(16)12-19(18)32-2/h5-6,10,12-15H,3-4,7-9,11H2,1-2H3,(H,25,26,28)/t14?,15-/m0/s1. The lowest BCUT2D eigenvalue weighted by molar-refractivity contribution is -0.142. The number of amides is 1. The van der Waals surface area contributed by atoms with E-state index in [-0.39, 0.29) is 17.9 Å². The molecule has 9 nitrogen and oxygen atoms in total. The van der Waals surface area contributed by atoms with Gasteiger partial charge in [0.15, 0.2) is 5.75 Å². The molecule has 10 heteroatoms. The molecule has 1 fully saturated rings. The largest absolute Gasteiger partial charge is 0.493 e. The van der Waals surface area contributed by atoms with Gasteiger partial charge in [0.1, 0.15) is 17.0 Å². The summed E-state index contributed by atoms with van der Waals surface area (Å²) in [6.45, 7) is 4.00. The molecule has 4 aromatic rings. The predicted octanol–water partition coefficient (Wildman–Crippen LogP) is 3.44. The molecular weight excluding hydrogens is 452 g/mol. The lowest BCUT2D eigenvalue weighted by atomic mass is 9.86. The summed E-state index contributed by atoms with van der Waals surface area (Å²) < 4.78 is 13.0. The number of hydrogen-bond donors (Lipinski definition) is 1. The Morgan fingerprint density at radius 2 is 2.26 bits per heavy atom. The topological polar surface area (TPSA) is 93.9 Å². The van der Waals surface area contributed by atoms with E-state index in [9.17, 15) is 4.79 Å². The molecule has 5 heterocycles. The first-order valence-electron chi connectivity index (χ1n) is 11.5. The van der Waals surface area contributed by atoms with E-state index >= 15 is 0 Å². The van der Waals surface area contributed by atoms with Gasteiger partial charge in [-0.25, -0.2) is 14.5 Å². The Kier molecular flexibility index (Phi) is 5.34. The highest BCUT2D eigenvalue weighted by atomic mass is 32.1. The van der Waals surface area contributed by atoms with Crippen LogP contribution in [-0.4, -0.2) is 63.3 Å². The third-order valence-corrected chi connectivity index (χ3v) is 7.88. The molecule has 1 amide bonds. The number of rotatable bonds is 4. The van der Waals surface area contributed by atoms with Crippen LogP contribution in [-0.2, 0) is 22.4 Å². The van der Waals surface area contributed by atoms with Gasteiger partial charge in [0.05, 0.1) is 42.6 Å². The molecular formula is C24H26N6O3S. The minimum atomic E-state index is 0.0135. The van der Waals surface area contributed by atoms with Crippen LogP contribution < -0.4 is 10.1 Å². The molecule has 1 unspecified atom stereocenters. The van der Waals surface area contributed by atoms with E-state index in [1.807, 2.05) is 30.2 Å². The van der Waals surface area contributed by atoms with Gasteiger partial charge in [0.2, 0.25) is 5.91 Å². The second-order valence-electron chi connectivity index (χ2n) is 8.89. The normalized spacial score (nSPS) is 20.5. The molecule has 2 atom stereocenters. The molecule has 2 aliphatic rings. The lowest BCUT2D eigenvalue weighted by Crippen LogP contribution is -2.47. The zero-order valence-electron chi connectivity index (χ0n) is 19.2. The number of aryl methyl sites for hydroxylation is 1. The summed E-state index contributed by atoms with van der Waals surface area (Å²) >= 11 is 1.67. The smallest absolute Gasteiger partial charge is 0.226 e. The monoisotopic (exact) mass is 478 g/mol. The fraction of sp³-hybridized carbons (Fsp3) is 0.417. The molecule has 0 aromatic carbocycles. The molecule has 1 saturated heterocycles. The van der Waals surface area contributed by atoms with E-state index in [0.29, 0.717) is 25.4 Å². The average Bonchev–Trinajstić information content (AvgIpc) is 3.46. The van der Waals surface area contributed by atoms with E-state index in [0.717, 1.165) is 46.5 Å². The van der Waals surface area contributed by atoms with Gasteiger partial charge in [0.25, 0.3) is 0 Å². The third kappa shape index (κ3) is 3.67. The Hall–Kier alpha value is -3.24. The van der Waals surface area contributed by atoms with E-state index in [1.165, 1.54) is 10.4 Å². The first-order chi connectivity index (χ1) is 16.6. The number of methoxy groups -OCH3 is 1. The van der Waals surface area contributed by atoms with Crippen molar-refractivity contribution in [2.45, 2.75) is 32.3 Å². The molecule has 1 aliphatic heterocycles. The van der Waals surface area contributed by atoms with E-state index in [2.05, 4.69) is 20.4 Å². The Morgan fingerprint density at radius 3 is 3.12 bits per heavy atom. The molecule has 0 bridgehead atoms. The van der Waals surface area contributed by atoms with Crippen LogP contribution in [0.25, 0.3) is 15.7 Å². The first kappa shape index (κ1) is 21.3. The second kappa shape index (κ2) is 8.52. The molecule has 176 valence electrons. The first-order valence-corrected chi connectivity index (χ1v) is 12.4. The van der Waals surface area contributed by atoms with Crippen molar-refractivity contribution < 1.29 is 14.3 Å². The van der Waals surface area contributed by atoms with Crippen LogP contribution >= 0.6 is 11.3 Å². The number of carbonyl (C=O) groups is 1. The number of ether oxygens (including phenoxy) is 2. The van der Waals surface area contributed by atoms with Crippen LogP contribution in [0.4, 0.5) is 11.5 Å². The van der Waals surface area contributed by atoms with Gasteiger partial charge in [-0.2, -0.15) is 5.10 Å². The summed E-state index contributed by atoms with van der Waals surface area (Å²) in [6.07, 6.45) is 7.73. The quantitative estimate of drug-likeness (QED) is 0.480. The third-order valence-electron chi connectivity index (χ3n) is 6.72. The zero-order chi connectivity index (χ0) is 23.2. The Balaban J connectivity index is 1.31. The average molecular weight is 479 g/mol. The maximum atomic E-state index is 13.2. The molecule has 4 aromatic heterocycles. The van der Waals surface area contributed by atoms with Crippen molar-refractivity contribution >= 4 is 44.5 Å². The molecule has 0 radical (unpaired) electrons. The number of fused-ring (bicyclic) bond motifs is 4. The van der Waals surface area contributed by atoms with Gasteiger partial charge in [-0.1, -0.05) is 0 Å². The summed E-state index contributed by atoms with van der Waals surface area (Å²) in [7, 11) is 1.64. The lowest BCUT2D eigenvalue weighted by Gasteiger charge is -2.34. The molecule has 6 rings (SSSR count). The van der Waals surface area contributed by atoms with Crippen LogP contribution in [0.5, 0.6) is 5.75 Å². The van der Waals surface area contributed by atoms with Crippen LogP contribution in [0.3, 0.4) is 0 Å². The van der Waals surface area contributed by atoms with Crippen LogP contribution in [0.15, 0.2) is 30.9 Å². The summed E-state index contributed by atoms with van der Waals surface area (Å²) in [6, 6.07) is 3.94. The maximum absolute atomic E-state index is 13.2. The van der Waals surface area contributed by atoms with Crippen LogP contribution in [0.2, 0.25) is 0 Å². The number of morpholine rings is 1. The molecule has 1 aliphatic carbocycles. The van der Waals surface area contributed by atoms with Crippen molar-refractivity contribution in [1.82, 2.24) is 24.5 Å². The summed E-state index contributed by atoms with van der Waals surface area (Å²) in [5.74, 6) is 1.70. The van der Waals surface area contributed by atoms with Gasteiger partial charge >= 0.3 is 0 Å². The molecule has 0 saturated carbocycles. The SMILES string of the molecule is COc1cn2nccc2cc1Nc1ncnc2sc3c(c12)CC[C@H](C(=O)N1CCOC(C)C1)C3. The minimum Gasteiger partial charge on any atom is -0.493 e. The molecule has 0 spiro atoms. The molecule has 1 N–H and O–H groups in total. The van der Waals surface area contributed by atoms with Crippen molar-refractivity contribution in [3.8, 4) is 5.75 Å². The van der Waals surface area contributed by atoms with Crippen molar-refractivity contribution in [3.63, 3.8) is 0 Å².